The molecule has 1 aliphatic rings. The minimum Gasteiger partial charge on any atom is -0.483 e. The van der Waals surface area contributed by atoms with Gasteiger partial charge in [-0.3, -0.25) is 14.5 Å². The lowest BCUT2D eigenvalue weighted by molar-refractivity contribution is -0.112. The Morgan fingerprint density at radius 1 is 1.06 bits per heavy atom. The van der Waals surface area contributed by atoms with E-state index < -0.39 is 11.8 Å². The van der Waals surface area contributed by atoms with Crippen LogP contribution in [0.5, 0.6) is 5.75 Å². The van der Waals surface area contributed by atoms with Gasteiger partial charge in [0.15, 0.2) is 11.6 Å². The average Bonchev–Trinajstić information content (AvgIpc) is 2.86. The summed E-state index contributed by atoms with van der Waals surface area (Å²) in [6.45, 7) is 5.60. The number of fused-ring (bicyclic) bond motifs is 1. The van der Waals surface area contributed by atoms with Crippen LogP contribution in [-0.2, 0) is 4.79 Å². The Morgan fingerprint density at radius 2 is 1.81 bits per heavy atom. The van der Waals surface area contributed by atoms with Crippen molar-refractivity contribution in [3.05, 3.63) is 65.2 Å². The molecule has 0 fully saturated rings. The molecule has 0 saturated heterocycles. The number of carbonyl (C=O) groups is 2. The van der Waals surface area contributed by atoms with Crippen molar-refractivity contribution in [3.63, 3.8) is 0 Å². The van der Waals surface area contributed by atoms with Crippen LogP contribution in [0.15, 0.2) is 47.7 Å². The van der Waals surface area contributed by atoms with Gasteiger partial charge in [0.1, 0.15) is 12.3 Å². The summed E-state index contributed by atoms with van der Waals surface area (Å²) in [4.78, 5) is 43.7. The van der Waals surface area contributed by atoms with E-state index >= 15 is 0 Å². The first-order chi connectivity index (χ1) is 14.8. The molecule has 0 N–H and O–H groups in total. The average molecular weight is 415 g/mol. The minimum atomic E-state index is -0.705. The summed E-state index contributed by atoms with van der Waals surface area (Å²) in [5.41, 5.74) is 4.33. The second-order valence-electron chi connectivity index (χ2n) is 7.44. The van der Waals surface area contributed by atoms with Crippen molar-refractivity contribution >= 4 is 23.3 Å². The van der Waals surface area contributed by atoms with Crippen molar-refractivity contribution in [1.82, 2.24) is 15.0 Å². The first-order valence-corrected chi connectivity index (χ1v) is 9.73. The molecular formula is C23H21N5O3. The van der Waals surface area contributed by atoms with E-state index in [-0.39, 0.29) is 18.1 Å². The number of pyridine rings is 1. The fourth-order valence-electron chi connectivity index (χ4n) is 3.19. The second kappa shape index (κ2) is 8.06. The zero-order valence-electron chi connectivity index (χ0n) is 17.7. The van der Waals surface area contributed by atoms with E-state index in [0.29, 0.717) is 17.3 Å². The molecule has 1 aliphatic heterocycles. The summed E-state index contributed by atoms with van der Waals surface area (Å²) < 4.78 is 5.69. The number of aryl methyl sites for hydroxylation is 3. The summed E-state index contributed by atoms with van der Waals surface area (Å²) in [7, 11) is 1.57. The normalized spacial score (nSPS) is 14.8. The van der Waals surface area contributed by atoms with Crippen LogP contribution in [-0.4, -0.2) is 46.1 Å². The molecule has 0 bridgehead atoms. The molecule has 1 aromatic carbocycles. The Bertz CT molecular complexity index is 1220. The highest BCUT2D eigenvalue weighted by atomic mass is 16.5. The van der Waals surface area contributed by atoms with E-state index in [1.165, 1.54) is 4.90 Å². The van der Waals surface area contributed by atoms with E-state index in [2.05, 4.69) is 19.9 Å². The lowest BCUT2D eigenvalue weighted by atomic mass is 10.1. The maximum atomic E-state index is 12.8. The Balaban J connectivity index is 1.65. The Kier molecular flexibility index (Phi) is 5.29. The molecule has 8 heteroatoms. The zero-order chi connectivity index (χ0) is 22.1. The van der Waals surface area contributed by atoms with Gasteiger partial charge >= 0.3 is 5.91 Å². The van der Waals surface area contributed by atoms with E-state index in [1.54, 1.807) is 25.5 Å². The van der Waals surface area contributed by atoms with Crippen LogP contribution in [0.2, 0.25) is 0 Å². The third-order valence-corrected chi connectivity index (χ3v) is 4.93. The van der Waals surface area contributed by atoms with E-state index in [9.17, 15) is 9.59 Å². The van der Waals surface area contributed by atoms with Gasteiger partial charge in [-0.2, -0.15) is 0 Å². The quantitative estimate of drug-likeness (QED) is 0.638. The van der Waals surface area contributed by atoms with Crippen LogP contribution in [0.4, 0.5) is 5.82 Å². The predicted molar refractivity (Wildman–Crippen MR) is 117 cm³/mol. The third-order valence-electron chi connectivity index (χ3n) is 4.93. The van der Waals surface area contributed by atoms with Crippen LogP contribution in [0.3, 0.4) is 0 Å². The van der Waals surface area contributed by atoms with Crippen LogP contribution in [0, 0.1) is 20.8 Å². The molecule has 0 unspecified atom stereocenters. The van der Waals surface area contributed by atoms with Gasteiger partial charge < -0.3 is 4.74 Å². The van der Waals surface area contributed by atoms with E-state index in [4.69, 9.17) is 4.74 Å². The molecule has 3 aromatic rings. The zero-order valence-corrected chi connectivity index (χ0v) is 17.7. The van der Waals surface area contributed by atoms with Crippen LogP contribution >= 0.6 is 0 Å². The fraction of sp³-hybridized carbons (Fsp3) is 0.217. The summed E-state index contributed by atoms with van der Waals surface area (Å²) in [5.74, 6) is -0.416. The highest BCUT2D eigenvalue weighted by Gasteiger charge is 2.28. The van der Waals surface area contributed by atoms with Gasteiger partial charge in [-0.15, -0.1) is 0 Å². The highest BCUT2D eigenvalue weighted by Crippen LogP contribution is 2.28. The van der Waals surface area contributed by atoms with Crippen molar-refractivity contribution in [2.24, 2.45) is 4.99 Å². The van der Waals surface area contributed by atoms with Gasteiger partial charge in [-0.25, -0.2) is 19.9 Å². The number of hydrogen-bond donors (Lipinski definition) is 0. The Hall–Kier alpha value is -3.94. The Labute approximate surface area is 179 Å². The number of carbonyl (C=O) groups excluding carboxylic acids is 2. The number of rotatable bonds is 2. The first kappa shape index (κ1) is 20.3. The number of ether oxygens (including phenoxy) is 1. The summed E-state index contributed by atoms with van der Waals surface area (Å²) >= 11 is 0. The molecule has 0 radical (unpaired) electrons. The number of nitrogens with zero attached hydrogens (tertiary/aromatic N) is 5. The minimum absolute atomic E-state index is 0.0378. The maximum absolute atomic E-state index is 12.8. The van der Waals surface area contributed by atoms with Crippen molar-refractivity contribution < 1.29 is 14.3 Å². The van der Waals surface area contributed by atoms with Crippen LogP contribution < -0.4 is 9.64 Å². The van der Waals surface area contributed by atoms with Crippen molar-refractivity contribution in [2.45, 2.75) is 20.8 Å². The topological polar surface area (TPSA) is 97.6 Å². The molecule has 0 atom stereocenters. The van der Waals surface area contributed by atoms with Crippen molar-refractivity contribution in [3.8, 4) is 17.0 Å². The second-order valence-corrected chi connectivity index (χ2v) is 7.44. The molecular weight excluding hydrogens is 394 g/mol. The van der Waals surface area contributed by atoms with Gasteiger partial charge in [0.25, 0.3) is 5.91 Å². The van der Waals surface area contributed by atoms with E-state index in [0.717, 1.165) is 22.3 Å². The molecule has 0 spiro atoms. The summed E-state index contributed by atoms with van der Waals surface area (Å²) in [6, 6.07) is 9.61. The smallest absolute Gasteiger partial charge is 0.315 e. The standard InChI is InChI=1S/C23H21N5O3/c1-13-5-7-16(8-6-13)19-15(3)11-24-20(27-19)22(29)26-17-12-31-18-9-14(2)10-25-21(18)28(4)23(17)30/h5-11H,12H2,1-4H3/b26-17+. The molecule has 8 nitrogen and oxygen atoms in total. The lowest BCUT2D eigenvalue weighted by Crippen LogP contribution is -2.35. The predicted octanol–water partition coefficient (Wildman–Crippen LogP) is 3.10. The molecule has 3 heterocycles. The number of aliphatic imine (C=N–C) groups is 1. The monoisotopic (exact) mass is 415 g/mol. The van der Waals surface area contributed by atoms with Crippen LogP contribution in [0.1, 0.15) is 27.3 Å². The van der Waals surface area contributed by atoms with Gasteiger partial charge in [0, 0.05) is 25.0 Å². The molecule has 31 heavy (non-hydrogen) atoms. The van der Waals surface area contributed by atoms with Gasteiger partial charge in [0.05, 0.1) is 5.69 Å². The fourth-order valence-corrected chi connectivity index (χ4v) is 3.19. The highest BCUT2D eigenvalue weighted by molar-refractivity contribution is 6.46. The number of benzene rings is 1. The molecule has 4 rings (SSSR count). The van der Waals surface area contributed by atoms with Gasteiger partial charge in [-0.05, 0) is 38.0 Å². The third kappa shape index (κ3) is 4.05. The van der Waals surface area contributed by atoms with Crippen molar-refractivity contribution in [1.29, 1.82) is 0 Å². The number of aromatic nitrogens is 3. The maximum Gasteiger partial charge on any atom is 0.315 e. The molecule has 0 aliphatic carbocycles. The van der Waals surface area contributed by atoms with Crippen molar-refractivity contribution in [2.75, 3.05) is 18.6 Å². The lowest BCUT2D eigenvalue weighted by Gasteiger charge is -2.14. The number of anilines is 1. The molecule has 156 valence electrons. The largest absolute Gasteiger partial charge is 0.483 e. The number of hydrogen-bond acceptors (Lipinski definition) is 6. The Morgan fingerprint density at radius 3 is 2.55 bits per heavy atom. The van der Waals surface area contributed by atoms with Gasteiger partial charge in [-0.1, -0.05) is 29.8 Å². The summed E-state index contributed by atoms with van der Waals surface area (Å²) in [5, 5.41) is 0. The van der Waals surface area contributed by atoms with E-state index in [1.807, 2.05) is 45.0 Å². The molecule has 2 amide bonds. The molecule has 2 aromatic heterocycles. The summed E-state index contributed by atoms with van der Waals surface area (Å²) in [6.07, 6.45) is 3.22. The first-order valence-electron chi connectivity index (χ1n) is 9.73. The SMILES string of the molecule is Cc1ccc(-c2nc(C(=O)/N=C3\COc4cc(C)cnc4N(C)C3=O)ncc2C)cc1. The van der Waals surface area contributed by atoms with Gasteiger partial charge in [0.2, 0.25) is 5.82 Å². The molecule has 0 saturated carbocycles. The number of amides is 2. The van der Waals surface area contributed by atoms with Crippen LogP contribution in [0.25, 0.3) is 11.3 Å².